The van der Waals surface area contributed by atoms with E-state index >= 15 is 0 Å². The Morgan fingerprint density at radius 2 is 2.00 bits per heavy atom. The summed E-state index contributed by atoms with van der Waals surface area (Å²) in [5, 5.41) is 8.95. The fourth-order valence-corrected chi connectivity index (χ4v) is 1.49. The zero-order valence-electron chi connectivity index (χ0n) is 6.71. The summed E-state index contributed by atoms with van der Waals surface area (Å²) in [5.74, 6) is -0.986. The number of halogens is 2. The lowest BCUT2D eigenvalue weighted by atomic mass is 10.0. The van der Waals surface area contributed by atoms with Gasteiger partial charge in [0.05, 0.1) is 5.88 Å². The monoisotopic (exact) mass is 262 g/mol. The van der Waals surface area contributed by atoms with Gasteiger partial charge in [-0.15, -0.1) is 11.6 Å². The molecule has 1 aromatic carbocycles. The van der Waals surface area contributed by atoms with Gasteiger partial charge in [-0.3, -0.25) is 4.79 Å². The number of hydrogen-bond donors (Lipinski definition) is 1. The zero-order chi connectivity index (χ0) is 9.90. The molecule has 13 heavy (non-hydrogen) atoms. The second-order valence-electron chi connectivity index (χ2n) is 2.61. The van der Waals surface area contributed by atoms with E-state index in [9.17, 15) is 4.79 Å². The van der Waals surface area contributed by atoms with Crippen LogP contribution in [0.25, 0.3) is 0 Å². The molecule has 0 amide bonds. The molecular weight excluding hydrogens is 255 g/mol. The van der Waals surface area contributed by atoms with Crippen molar-refractivity contribution in [3.05, 3.63) is 35.9 Å². The van der Waals surface area contributed by atoms with Gasteiger partial charge < -0.3 is 5.11 Å². The molecule has 0 radical (unpaired) electrons. The summed E-state index contributed by atoms with van der Waals surface area (Å²) >= 11 is 8.74. The molecule has 0 aromatic heterocycles. The predicted molar refractivity (Wildman–Crippen MR) is 55.4 cm³/mol. The van der Waals surface area contributed by atoms with E-state index in [-0.39, 0.29) is 5.88 Å². The minimum Gasteiger partial charge on any atom is -0.480 e. The average Bonchev–Trinajstić information content (AvgIpc) is 2.17. The second-order valence-corrected chi connectivity index (χ2v) is 4.23. The molecule has 4 heteroatoms. The highest BCUT2D eigenvalue weighted by molar-refractivity contribution is 9.10. The molecule has 0 aliphatic heterocycles. The van der Waals surface area contributed by atoms with Gasteiger partial charge in [0.1, 0.15) is 0 Å². The molecule has 1 unspecified atom stereocenters. The zero-order valence-corrected chi connectivity index (χ0v) is 9.05. The van der Waals surface area contributed by atoms with Crippen LogP contribution >= 0.6 is 27.5 Å². The van der Waals surface area contributed by atoms with Crippen molar-refractivity contribution in [1.82, 2.24) is 0 Å². The first-order valence-corrected chi connectivity index (χ1v) is 4.98. The first kappa shape index (κ1) is 10.5. The molecule has 1 aromatic rings. The summed E-state index contributed by atoms with van der Waals surface area (Å²) in [6.07, 6.45) is 0. The molecule has 0 bridgehead atoms. The van der Waals surface area contributed by atoms with Crippen LogP contribution in [0.4, 0.5) is 0 Å². The lowest BCUT2D eigenvalue weighted by Crippen LogP contribution is -2.30. The molecular formula is C9H8BrClO2. The Kier molecular flexibility index (Phi) is 3.33. The van der Waals surface area contributed by atoms with E-state index < -0.39 is 10.3 Å². The summed E-state index contributed by atoms with van der Waals surface area (Å²) < 4.78 is -1.17. The molecule has 0 aliphatic rings. The molecule has 0 saturated carbocycles. The molecule has 70 valence electrons. The summed E-state index contributed by atoms with van der Waals surface area (Å²) in [6, 6.07) is 8.84. The van der Waals surface area contributed by atoms with Crippen molar-refractivity contribution in [3.63, 3.8) is 0 Å². The average molecular weight is 264 g/mol. The van der Waals surface area contributed by atoms with Crippen LogP contribution in [-0.2, 0) is 9.12 Å². The Bertz CT molecular complexity index is 302. The number of hydrogen-bond acceptors (Lipinski definition) is 1. The quantitative estimate of drug-likeness (QED) is 0.851. The van der Waals surface area contributed by atoms with Crippen molar-refractivity contribution < 1.29 is 9.90 Å². The van der Waals surface area contributed by atoms with Crippen LogP contribution in [0, 0.1) is 0 Å². The first-order valence-electron chi connectivity index (χ1n) is 3.65. The largest absolute Gasteiger partial charge is 0.480 e. The highest BCUT2D eigenvalue weighted by atomic mass is 79.9. The van der Waals surface area contributed by atoms with Crippen LogP contribution < -0.4 is 0 Å². The van der Waals surface area contributed by atoms with Crippen molar-refractivity contribution in [3.8, 4) is 0 Å². The van der Waals surface area contributed by atoms with Crippen molar-refractivity contribution in [1.29, 1.82) is 0 Å². The normalized spacial score (nSPS) is 14.9. The Morgan fingerprint density at radius 3 is 2.38 bits per heavy atom. The maximum atomic E-state index is 10.9. The van der Waals surface area contributed by atoms with Crippen LogP contribution in [0.3, 0.4) is 0 Å². The molecule has 0 saturated heterocycles. The van der Waals surface area contributed by atoms with Gasteiger partial charge in [0, 0.05) is 0 Å². The van der Waals surface area contributed by atoms with Crippen molar-refractivity contribution in [2.75, 3.05) is 5.88 Å². The second kappa shape index (κ2) is 4.11. The van der Waals surface area contributed by atoms with Gasteiger partial charge in [-0.25, -0.2) is 0 Å². The van der Waals surface area contributed by atoms with Gasteiger partial charge in [0.15, 0.2) is 4.32 Å². The predicted octanol–water partition coefficient (Wildman–Crippen LogP) is 2.60. The number of rotatable bonds is 3. The topological polar surface area (TPSA) is 37.3 Å². The molecule has 0 aliphatic carbocycles. The molecule has 0 heterocycles. The van der Waals surface area contributed by atoms with Crippen LogP contribution in [-0.4, -0.2) is 17.0 Å². The van der Waals surface area contributed by atoms with Crippen molar-refractivity contribution in [2.45, 2.75) is 4.32 Å². The third-order valence-electron chi connectivity index (χ3n) is 1.75. The van der Waals surface area contributed by atoms with E-state index in [1.807, 2.05) is 6.07 Å². The van der Waals surface area contributed by atoms with Crippen LogP contribution in [0.2, 0.25) is 0 Å². The highest BCUT2D eigenvalue weighted by Crippen LogP contribution is 2.32. The number of benzene rings is 1. The molecule has 0 fully saturated rings. The Labute approximate surface area is 89.7 Å². The Hall–Kier alpha value is -0.540. The lowest BCUT2D eigenvalue weighted by Gasteiger charge is -2.19. The van der Waals surface area contributed by atoms with Gasteiger partial charge in [-0.1, -0.05) is 46.3 Å². The van der Waals surface area contributed by atoms with Gasteiger partial charge in [-0.05, 0) is 5.56 Å². The van der Waals surface area contributed by atoms with Gasteiger partial charge >= 0.3 is 5.97 Å². The van der Waals surface area contributed by atoms with Crippen molar-refractivity contribution in [2.24, 2.45) is 0 Å². The van der Waals surface area contributed by atoms with E-state index in [1.54, 1.807) is 24.3 Å². The third-order valence-corrected chi connectivity index (χ3v) is 3.56. The molecule has 1 rings (SSSR count). The summed E-state index contributed by atoms with van der Waals surface area (Å²) in [7, 11) is 0. The van der Waals surface area contributed by atoms with Gasteiger partial charge in [0.25, 0.3) is 0 Å². The van der Waals surface area contributed by atoms with E-state index in [0.29, 0.717) is 5.56 Å². The van der Waals surface area contributed by atoms with Crippen LogP contribution in [0.1, 0.15) is 5.56 Å². The standard InChI is InChI=1S/C9H8BrClO2/c10-9(6-11,8(12)13)7-4-2-1-3-5-7/h1-5H,6H2,(H,12,13). The number of carboxylic acids is 1. The van der Waals surface area contributed by atoms with Crippen LogP contribution in [0.15, 0.2) is 30.3 Å². The van der Waals surface area contributed by atoms with Gasteiger partial charge in [0.2, 0.25) is 0 Å². The maximum absolute atomic E-state index is 10.9. The van der Waals surface area contributed by atoms with Crippen LogP contribution in [0.5, 0.6) is 0 Å². The minimum atomic E-state index is -1.17. The fraction of sp³-hybridized carbons (Fsp3) is 0.222. The Balaban J connectivity index is 3.11. The molecule has 0 spiro atoms. The fourth-order valence-electron chi connectivity index (χ4n) is 0.960. The van der Waals surface area contributed by atoms with E-state index in [2.05, 4.69) is 15.9 Å². The number of aliphatic carboxylic acids is 1. The van der Waals surface area contributed by atoms with E-state index in [1.165, 1.54) is 0 Å². The Morgan fingerprint density at radius 1 is 1.46 bits per heavy atom. The van der Waals surface area contributed by atoms with E-state index in [4.69, 9.17) is 16.7 Å². The smallest absolute Gasteiger partial charge is 0.326 e. The highest BCUT2D eigenvalue weighted by Gasteiger charge is 2.36. The first-order chi connectivity index (χ1) is 6.11. The SMILES string of the molecule is O=C(O)C(Br)(CCl)c1ccccc1. The third kappa shape index (κ3) is 2.03. The summed E-state index contributed by atoms with van der Waals surface area (Å²) in [5.41, 5.74) is 0.650. The molecule has 1 atom stereocenters. The summed E-state index contributed by atoms with van der Waals surface area (Å²) in [6.45, 7) is 0. The van der Waals surface area contributed by atoms with Gasteiger partial charge in [-0.2, -0.15) is 0 Å². The number of carboxylic acid groups (broad SMARTS) is 1. The molecule has 2 nitrogen and oxygen atoms in total. The minimum absolute atomic E-state index is 0.00759. The maximum Gasteiger partial charge on any atom is 0.326 e. The van der Waals surface area contributed by atoms with Crippen molar-refractivity contribution >= 4 is 33.5 Å². The summed E-state index contributed by atoms with van der Waals surface area (Å²) in [4.78, 5) is 10.9. The molecule has 1 N–H and O–H groups in total. The van der Waals surface area contributed by atoms with E-state index in [0.717, 1.165) is 0 Å². The number of carbonyl (C=O) groups is 1. The number of alkyl halides is 2. The lowest BCUT2D eigenvalue weighted by molar-refractivity contribution is -0.139.